The third-order valence-electron chi connectivity index (χ3n) is 2.45. The lowest BCUT2D eigenvalue weighted by Crippen LogP contribution is -2.36. The molecule has 1 rings (SSSR count). The summed E-state index contributed by atoms with van der Waals surface area (Å²) in [6.45, 7) is 3.42. The summed E-state index contributed by atoms with van der Waals surface area (Å²) in [5.41, 5.74) is 0.352. The smallest absolute Gasteiger partial charge is 0.255 e. The van der Waals surface area contributed by atoms with E-state index in [-0.39, 0.29) is 12.6 Å². The highest BCUT2D eigenvalue weighted by Gasteiger charge is 2.19. The van der Waals surface area contributed by atoms with Gasteiger partial charge in [0.05, 0.1) is 12.6 Å². The number of carbonyl (C=O) groups is 1. The minimum atomic E-state index is -2.55. The van der Waals surface area contributed by atoms with E-state index in [4.69, 9.17) is 4.74 Å². The Morgan fingerprint density at radius 3 is 2.65 bits per heavy atom. The van der Waals surface area contributed by atoms with E-state index >= 15 is 0 Å². The van der Waals surface area contributed by atoms with E-state index in [1.54, 1.807) is 24.3 Å². The van der Waals surface area contributed by atoms with Crippen molar-refractivity contribution in [1.29, 1.82) is 0 Å². The molecule has 0 atom stereocenters. The van der Waals surface area contributed by atoms with Crippen molar-refractivity contribution in [2.75, 3.05) is 18.4 Å². The Morgan fingerprint density at radius 2 is 2.10 bits per heavy atom. The van der Waals surface area contributed by atoms with E-state index in [1.807, 2.05) is 13.8 Å². The van der Waals surface area contributed by atoms with E-state index in [2.05, 4.69) is 15.9 Å². The van der Waals surface area contributed by atoms with Gasteiger partial charge in [0, 0.05) is 17.4 Å². The van der Waals surface area contributed by atoms with Crippen molar-refractivity contribution < 1.29 is 18.3 Å². The lowest BCUT2D eigenvalue weighted by Gasteiger charge is -2.21. The SMILES string of the molecule is CC(C)Oc1cccc(C(=O)N(CCBr)CC(F)F)c1. The van der Waals surface area contributed by atoms with Gasteiger partial charge in [-0.05, 0) is 32.0 Å². The van der Waals surface area contributed by atoms with Gasteiger partial charge in [0.15, 0.2) is 0 Å². The minimum Gasteiger partial charge on any atom is -0.491 e. The highest BCUT2D eigenvalue weighted by Crippen LogP contribution is 2.17. The van der Waals surface area contributed by atoms with Crippen LogP contribution in [0.4, 0.5) is 8.78 Å². The molecule has 0 radical (unpaired) electrons. The molecule has 0 aliphatic rings. The van der Waals surface area contributed by atoms with Crippen LogP contribution in [0.2, 0.25) is 0 Å². The van der Waals surface area contributed by atoms with E-state index in [0.717, 1.165) is 4.90 Å². The Hall–Kier alpha value is -1.17. The summed E-state index contributed by atoms with van der Waals surface area (Å²) in [5.74, 6) is 0.139. The molecule has 0 aromatic heterocycles. The number of ether oxygens (including phenoxy) is 1. The second-order valence-corrected chi connectivity index (χ2v) is 5.32. The molecule has 0 spiro atoms. The van der Waals surface area contributed by atoms with Crippen molar-refractivity contribution in [3.8, 4) is 5.75 Å². The molecule has 0 fully saturated rings. The summed E-state index contributed by atoms with van der Waals surface area (Å²) in [4.78, 5) is 13.4. The van der Waals surface area contributed by atoms with Crippen molar-refractivity contribution >= 4 is 21.8 Å². The molecular weight excluding hydrogens is 332 g/mol. The van der Waals surface area contributed by atoms with Crippen LogP contribution in [0.1, 0.15) is 24.2 Å². The minimum absolute atomic E-state index is 0.0138. The Kier molecular flexibility index (Phi) is 6.91. The molecule has 0 aliphatic heterocycles. The number of carbonyl (C=O) groups excluding carboxylic acids is 1. The van der Waals surface area contributed by atoms with Crippen LogP contribution in [0.3, 0.4) is 0 Å². The van der Waals surface area contributed by atoms with Crippen LogP contribution in [0.25, 0.3) is 0 Å². The summed E-state index contributed by atoms with van der Waals surface area (Å²) < 4.78 is 30.5. The van der Waals surface area contributed by atoms with Crippen molar-refractivity contribution in [2.45, 2.75) is 26.4 Å². The Bertz CT molecular complexity index is 441. The molecule has 0 saturated carbocycles. The summed E-state index contributed by atoms with van der Waals surface area (Å²) in [5, 5.41) is 0.452. The zero-order valence-corrected chi connectivity index (χ0v) is 13.1. The zero-order valence-electron chi connectivity index (χ0n) is 11.5. The van der Waals surface area contributed by atoms with Crippen LogP contribution in [-0.2, 0) is 0 Å². The average Bonchev–Trinajstić information content (AvgIpc) is 2.36. The topological polar surface area (TPSA) is 29.5 Å². The Balaban J connectivity index is 2.87. The standard InChI is InChI=1S/C14H18BrF2NO2/c1-10(2)20-12-5-3-4-11(8-12)14(19)18(7-6-15)9-13(16)17/h3-5,8,10,13H,6-7,9H2,1-2H3. The fourth-order valence-electron chi connectivity index (χ4n) is 1.70. The Morgan fingerprint density at radius 1 is 1.40 bits per heavy atom. The number of benzene rings is 1. The first-order valence-electron chi connectivity index (χ1n) is 6.34. The number of hydrogen-bond acceptors (Lipinski definition) is 2. The van der Waals surface area contributed by atoms with Crippen molar-refractivity contribution in [3.63, 3.8) is 0 Å². The molecule has 1 amide bonds. The van der Waals surface area contributed by atoms with E-state index in [1.165, 1.54) is 0 Å². The van der Waals surface area contributed by atoms with Crippen molar-refractivity contribution in [2.24, 2.45) is 0 Å². The van der Waals surface area contributed by atoms with Gasteiger partial charge in [-0.2, -0.15) is 0 Å². The highest BCUT2D eigenvalue weighted by molar-refractivity contribution is 9.09. The van der Waals surface area contributed by atoms with Gasteiger partial charge < -0.3 is 9.64 Å². The van der Waals surface area contributed by atoms with Crippen LogP contribution in [-0.4, -0.2) is 41.8 Å². The molecule has 0 bridgehead atoms. The molecule has 6 heteroatoms. The summed E-state index contributed by atoms with van der Waals surface area (Å²) in [6, 6.07) is 6.59. The molecule has 0 aliphatic carbocycles. The molecule has 3 nitrogen and oxygen atoms in total. The number of hydrogen-bond donors (Lipinski definition) is 0. The predicted molar refractivity (Wildman–Crippen MR) is 77.9 cm³/mol. The van der Waals surface area contributed by atoms with Crippen LogP contribution in [0.15, 0.2) is 24.3 Å². The lowest BCUT2D eigenvalue weighted by molar-refractivity contribution is 0.0572. The summed E-state index contributed by atoms with van der Waals surface area (Å²) in [7, 11) is 0. The van der Waals surface area contributed by atoms with Gasteiger partial charge in [0.1, 0.15) is 5.75 Å². The van der Waals surface area contributed by atoms with Gasteiger partial charge in [-0.25, -0.2) is 8.78 Å². The van der Waals surface area contributed by atoms with Gasteiger partial charge in [-0.1, -0.05) is 22.0 Å². The molecule has 0 N–H and O–H groups in total. The molecule has 1 aromatic carbocycles. The van der Waals surface area contributed by atoms with Crippen LogP contribution in [0.5, 0.6) is 5.75 Å². The van der Waals surface area contributed by atoms with Gasteiger partial charge in [0.25, 0.3) is 12.3 Å². The van der Waals surface area contributed by atoms with Crippen LogP contribution < -0.4 is 4.74 Å². The molecule has 20 heavy (non-hydrogen) atoms. The fraction of sp³-hybridized carbons (Fsp3) is 0.500. The van der Waals surface area contributed by atoms with Gasteiger partial charge in [-0.15, -0.1) is 0 Å². The number of nitrogens with zero attached hydrogens (tertiary/aromatic N) is 1. The van der Waals surface area contributed by atoms with E-state index < -0.39 is 18.9 Å². The Labute approximate surface area is 126 Å². The van der Waals surface area contributed by atoms with Crippen LogP contribution in [0, 0.1) is 0 Å². The first-order valence-corrected chi connectivity index (χ1v) is 7.46. The maximum atomic E-state index is 12.5. The van der Waals surface area contributed by atoms with Gasteiger partial charge >= 0.3 is 0 Å². The third kappa shape index (κ3) is 5.45. The summed E-state index contributed by atoms with van der Waals surface area (Å²) in [6.07, 6.45) is -2.56. The largest absolute Gasteiger partial charge is 0.491 e. The van der Waals surface area contributed by atoms with Crippen molar-refractivity contribution in [3.05, 3.63) is 29.8 Å². The maximum absolute atomic E-state index is 12.5. The summed E-state index contributed by atoms with van der Waals surface area (Å²) >= 11 is 3.16. The predicted octanol–water partition coefficient (Wildman–Crippen LogP) is 3.58. The normalized spacial score (nSPS) is 10.9. The first-order chi connectivity index (χ1) is 9.43. The number of halogens is 3. The monoisotopic (exact) mass is 349 g/mol. The first kappa shape index (κ1) is 16.9. The van der Waals surface area contributed by atoms with Crippen molar-refractivity contribution in [1.82, 2.24) is 4.90 Å². The second kappa shape index (κ2) is 8.19. The maximum Gasteiger partial charge on any atom is 0.255 e. The lowest BCUT2D eigenvalue weighted by atomic mass is 10.2. The van der Waals surface area contributed by atoms with Gasteiger partial charge in [0.2, 0.25) is 0 Å². The fourth-order valence-corrected chi connectivity index (χ4v) is 2.13. The average molecular weight is 350 g/mol. The second-order valence-electron chi connectivity index (χ2n) is 4.53. The zero-order chi connectivity index (χ0) is 15.1. The molecular formula is C14H18BrF2NO2. The van der Waals surface area contributed by atoms with Gasteiger partial charge in [-0.3, -0.25) is 4.79 Å². The number of alkyl halides is 3. The molecule has 0 heterocycles. The number of amides is 1. The van der Waals surface area contributed by atoms with E-state index in [0.29, 0.717) is 16.6 Å². The highest BCUT2D eigenvalue weighted by atomic mass is 79.9. The quantitative estimate of drug-likeness (QED) is 0.704. The number of rotatable bonds is 7. The molecule has 0 unspecified atom stereocenters. The van der Waals surface area contributed by atoms with E-state index in [9.17, 15) is 13.6 Å². The van der Waals surface area contributed by atoms with Crippen LogP contribution >= 0.6 is 15.9 Å². The molecule has 0 saturated heterocycles. The molecule has 1 aromatic rings. The third-order valence-corrected chi connectivity index (χ3v) is 2.81. The molecule has 112 valence electrons.